The predicted octanol–water partition coefficient (Wildman–Crippen LogP) is 0.553. The summed E-state index contributed by atoms with van der Waals surface area (Å²) in [6.45, 7) is 4.25. The molecular formula is C16H20N6O. The van der Waals surface area contributed by atoms with Gasteiger partial charge in [-0.1, -0.05) is 6.07 Å². The summed E-state index contributed by atoms with van der Waals surface area (Å²) >= 11 is 0. The third-order valence-electron chi connectivity index (χ3n) is 3.87. The van der Waals surface area contributed by atoms with Gasteiger partial charge in [0.15, 0.2) is 11.5 Å². The monoisotopic (exact) mass is 312 g/mol. The van der Waals surface area contributed by atoms with Crippen LogP contribution in [0.1, 0.15) is 16.2 Å². The minimum absolute atomic E-state index is 0.243. The molecule has 23 heavy (non-hydrogen) atoms. The molecule has 3 rings (SSSR count). The van der Waals surface area contributed by atoms with Crippen molar-refractivity contribution in [3.63, 3.8) is 0 Å². The van der Waals surface area contributed by atoms with Crippen LogP contribution in [0.2, 0.25) is 0 Å². The van der Waals surface area contributed by atoms with Gasteiger partial charge in [-0.2, -0.15) is 0 Å². The van der Waals surface area contributed by atoms with Crippen LogP contribution in [0.15, 0.2) is 36.5 Å². The summed E-state index contributed by atoms with van der Waals surface area (Å²) < 4.78 is 0. The number of rotatable bonds is 4. The molecule has 1 amide bonds. The average molecular weight is 312 g/mol. The van der Waals surface area contributed by atoms with E-state index in [-0.39, 0.29) is 5.91 Å². The summed E-state index contributed by atoms with van der Waals surface area (Å²) in [4.78, 5) is 20.7. The number of amides is 1. The number of likely N-dealkylation sites (N-methyl/N-ethyl adjacent to an activating group) is 1. The fourth-order valence-electron chi connectivity index (χ4n) is 2.41. The van der Waals surface area contributed by atoms with E-state index in [1.807, 2.05) is 24.3 Å². The number of nitrogens with zero attached hydrogens (tertiary/aromatic N) is 5. The van der Waals surface area contributed by atoms with Crippen molar-refractivity contribution < 1.29 is 4.79 Å². The molecule has 0 bridgehead atoms. The predicted molar refractivity (Wildman–Crippen MR) is 87.1 cm³/mol. The summed E-state index contributed by atoms with van der Waals surface area (Å²) in [6.07, 6.45) is 1.70. The largest absolute Gasteiger partial charge is 0.353 e. The molecule has 7 heteroatoms. The SMILES string of the molecule is CN1CCN(c2ccc(C(=O)NCc3ccccn3)nn2)CC1. The van der Waals surface area contributed by atoms with Crippen LogP contribution in [-0.2, 0) is 6.54 Å². The molecule has 2 aromatic heterocycles. The first-order valence-electron chi connectivity index (χ1n) is 7.68. The van der Waals surface area contributed by atoms with Gasteiger partial charge in [-0.3, -0.25) is 9.78 Å². The topological polar surface area (TPSA) is 74.2 Å². The molecule has 120 valence electrons. The molecule has 1 N–H and O–H groups in total. The third-order valence-corrected chi connectivity index (χ3v) is 3.87. The molecule has 1 aliphatic heterocycles. The van der Waals surface area contributed by atoms with Crippen LogP contribution in [0.25, 0.3) is 0 Å². The van der Waals surface area contributed by atoms with Gasteiger partial charge in [-0.05, 0) is 31.3 Å². The van der Waals surface area contributed by atoms with Gasteiger partial charge in [0.1, 0.15) is 0 Å². The van der Waals surface area contributed by atoms with E-state index in [2.05, 4.69) is 37.3 Å². The zero-order chi connectivity index (χ0) is 16.1. The van der Waals surface area contributed by atoms with Gasteiger partial charge in [-0.25, -0.2) is 0 Å². The molecule has 0 saturated carbocycles. The van der Waals surface area contributed by atoms with Crippen LogP contribution < -0.4 is 10.2 Å². The Morgan fingerprint density at radius 3 is 2.61 bits per heavy atom. The van der Waals surface area contributed by atoms with E-state index in [1.54, 1.807) is 12.3 Å². The summed E-state index contributed by atoms with van der Waals surface area (Å²) in [6, 6.07) is 9.16. The van der Waals surface area contributed by atoms with Crippen molar-refractivity contribution in [3.8, 4) is 0 Å². The lowest BCUT2D eigenvalue weighted by Gasteiger charge is -2.32. The molecule has 0 radical (unpaired) electrons. The van der Waals surface area contributed by atoms with Gasteiger partial charge < -0.3 is 15.1 Å². The highest BCUT2D eigenvalue weighted by Gasteiger charge is 2.16. The summed E-state index contributed by atoms with van der Waals surface area (Å²) in [5, 5.41) is 11.0. The summed E-state index contributed by atoms with van der Waals surface area (Å²) in [7, 11) is 2.11. The number of carbonyl (C=O) groups excluding carboxylic acids is 1. The number of anilines is 1. The average Bonchev–Trinajstić information content (AvgIpc) is 2.61. The zero-order valence-corrected chi connectivity index (χ0v) is 13.1. The van der Waals surface area contributed by atoms with Crippen molar-refractivity contribution in [2.24, 2.45) is 0 Å². The number of aromatic nitrogens is 3. The molecule has 2 aromatic rings. The minimum atomic E-state index is -0.243. The van der Waals surface area contributed by atoms with E-state index in [4.69, 9.17) is 0 Å². The highest BCUT2D eigenvalue weighted by molar-refractivity contribution is 5.92. The second kappa shape index (κ2) is 7.15. The Bertz CT molecular complexity index is 637. The Morgan fingerprint density at radius 2 is 1.96 bits per heavy atom. The lowest BCUT2D eigenvalue weighted by molar-refractivity contribution is 0.0944. The van der Waals surface area contributed by atoms with Crippen molar-refractivity contribution in [2.75, 3.05) is 38.1 Å². The molecule has 1 fully saturated rings. The maximum Gasteiger partial charge on any atom is 0.272 e. The quantitative estimate of drug-likeness (QED) is 0.889. The first kappa shape index (κ1) is 15.4. The van der Waals surface area contributed by atoms with Crippen molar-refractivity contribution in [2.45, 2.75) is 6.54 Å². The van der Waals surface area contributed by atoms with Crippen LogP contribution in [0, 0.1) is 0 Å². The first-order chi connectivity index (χ1) is 11.2. The standard InChI is InChI=1S/C16H20N6O/c1-21-8-10-22(11-9-21)15-6-5-14(19-20-15)16(23)18-12-13-4-2-3-7-17-13/h2-7H,8-12H2,1H3,(H,18,23). The Hall–Kier alpha value is -2.54. The number of nitrogens with one attached hydrogen (secondary N) is 1. The van der Waals surface area contributed by atoms with Crippen molar-refractivity contribution in [1.29, 1.82) is 0 Å². The van der Waals surface area contributed by atoms with Gasteiger partial charge in [0, 0.05) is 32.4 Å². The van der Waals surface area contributed by atoms with Crippen molar-refractivity contribution >= 4 is 11.7 Å². The van der Waals surface area contributed by atoms with E-state index in [0.29, 0.717) is 12.2 Å². The van der Waals surface area contributed by atoms with Crippen LogP contribution >= 0.6 is 0 Å². The van der Waals surface area contributed by atoms with Gasteiger partial charge in [-0.15, -0.1) is 10.2 Å². The number of pyridine rings is 1. The number of piperazine rings is 1. The van der Waals surface area contributed by atoms with E-state index in [9.17, 15) is 4.79 Å². The van der Waals surface area contributed by atoms with Crippen LogP contribution in [0.3, 0.4) is 0 Å². The molecule has 0 aromatic carbocycles. The van der Waals surface area contributed by atoms with E-state index in [0.717, 1.165) is 37.7 Å². The normalized spacial score (nSPS) is 15.4. The Balaban J connectivity index is 1.57. The second-order valence-electron chi connectivity index (χ2n) is 5.57. The molecule has 0 unspecified atom stereocenters. The van der Waals surface area contributed by atoms with E-state index < -0.39 is 0 Å². The molecule has 3 heterocycles. The fraction of sp³-hybridized carbons (Fsp3) is 0.375. The van der Waals surface area contributed by atoms with Crippen molar-refractivity contribution in [3.05, 3.63) is 47.9 Å². The highest BCUT2D eigenvalue weighted by atomic mass is 16.1. The molecular weight excluding hydrogens is 292 g/mol. The Kier molecular flexibility index (Phi) is 4.77. The van der Waals surface area contributed by atoms with Crippen LogP contribution in [-0.4, -0.2) is 59.2 Å². The smallest absolute Gasteiger partial charge is 0.272 e. The maximum absolute atomic E-state index is 12.1. The van der Waals surface area contributed by atoms with Gasteiger partial charge in [0.05, 0.1) is 12.2 Å². The van der Waals surface area contributed by atoms with Crippen LogP contribution in [0.4, 0.5) is 5.82 Å². The number of hydrogen-bond acceptors (Lipinski definition) is 6. The van der Waals surface area contributed by atoms with Gasteiger partial charge in [0.25, 0.3) is 5.91 Å². The molecule has 1 saturated heterocycles. The van der Waals surface area contributed by atoms with E-state index >= 15 is 0 Å². The van der Waals surface area contributed by atoms with Gasteiger partial charge in [0.2, 0.25) is 0 Å². The van der Waals surface area contributed by atoms with Crippen LogP contribution in [0.5, 0.6) is 0 Å². The molecule has 0 atom stereocenters. The molecule has 1 aliphatic rings. The molecule has 7 nitrogen and oxygen atoms in total. The fourth-order valence-corrected chi connectivity index (χ4v) is 2.41. The Morgan fingerprint density at radius 1 is 1.13 bits per heavy atom. The van der Waals surface area contributed by atoms with Crippen molar-refractivity contribution in [1.82, 2.24) is 25.4 Å². The van der Waals surface area contributed by atoms with E-state index in [1.165, 1.54) is 0 Å². The Labute approximate surface area is 135 Å². The lowest BCUT2D eigenvalue weighted by atomic mass is 10.3. The summed E-state index contributed by atoms with van der Waals surface area (Å²) in [5.74, 6) is 0.576. The minimum Gasteiger partial charge on any atom is -0.353 e. The highest BCUT2D eigenvalue weighted by Crippen LogP contribution is 2.12. The zero-order valence-electron chi connectivity index (χ0n) is 13.1. The lowest BCUT2D eigenvalue weighted by Crippen LogP contribution is -2.44. The van der Waals surface area contributed by atoms with Gasteiger partial charge >= 0.3 is 0 Å². The second-order valence-corrected chi connectivity index (χ2v) is 5.57. The summed E-state index contributed by atoms with van der Waals surface area (Å²) in [5.41, 5.74) is 1.13. The molecule has 0 spiro atoms. The first-order valence-corrected chi connectivity index (χ1v) is 7.68. The third kappa shape index (κ3) is 4.01. The molecule has 0 aliphatic carbocycles. The number of hydrogen-bond donors (Lipinski definition) is 1. The maximum atomic E-state index is 12.1. The number of carbonyl (C=O) groups is 1.